The summed E-state index contributed by atoms with van der Waals surface area (Å²) >= 11 is 0. The first-order valence-electron chi connectivity index (χ1n) is 5.44. The highest BCUT2D eigenvalue weighted by Crippen LogP contribution is 2.27. The highest BCUT2D eigenvalue weighted by molar-refractivity contribution is 4.86. The van der Waals surface area contributed by atoms with Crippen LogP contribution in [-0.2, 0) is 4.74 Å². The molecule has 1 saturated carbocycles. The van der Waals surface area contributed by atoms with Crippen LogP contribution >= 0.6 is 0 Å². The molecule has 1 aliphatic carbocycles. The predicted octanol–water partition coefficient (Wildman–Crippen LogP) is 2.33. The average Bonchev–Trinajstić information content (AvgIpc) is 2.15. The van der Waals surface area contributed by atoms with E-state index in [1.165, 1.54) is 32.1 Å². The molecule has 13 heavy (non-hydrogen) atoms. The Balaban J connectivity index is 2.24. The van der Waals surface area contributed by atoms with Crippen molar-refractivity contribution in [3.05, 3.63) is 0 Å². The van der Waals surface area contributed by atoms with Gasteiger partial charge in [-0.1, -0.05) is 19.3 Å². The van der Waals surface area contributed by atoms with E-state index in [-0.39, 0.29) is 0 Å². The van der Waals surface area contributed by atoms with Gasteiger partial charge in [-0.15, -0.1) is 0 Å². The number of hydrogen-bond acceptors (Lipinski definition) is 2. The Bertz CT molecular complexity index is 141. The Hall–Kier alpha value is -0.0800. The van der Waals surface area contributed by atoms with Crippen molar-refractivity contribution in [3.63, 3.8) is 0 Å². The van der Waals surface area contributed by atoms with Crippen LogP contribution in [0, 0.1) is 0 Å². The van der Waals surface area contributed by atoms with Crippen LogP contribution in [-0.4, -0.2) is 25.3 Å². The number of hydrogen-bond donors (Lipinski definition) is 1. The third-order valence-corrected chi connectivity index (χ3v) is 3.18. The fraction of sp³-hybridized carbons (Fsp3) is 1.00. The predicted molar refractivity (Wildman–Crippen MR) is 56.0 cm³/mol. The Morgan fingerprint density at radius 3 is 2.46 bits per heavy atom. The Morgan fingerprint density at radius 1 is 1.31 bits per heavy atom. The van der Waals surface area contributed by atoms with Gasteiger partial charge in [0.15, 0.2) is 0 Å². The van der Waals surface area contributed by atoms with Crippen molar-refractivity contribution < 1.29 is 4.74 Å². The SMILES string of the molecule is COC(C)CNC1(C)CCCCC1. The quantitative estimate of drug-likeness (QED) is 0.726. The van der Waals surface area contributed by atoms with E-state index >= 15 is 0 Å². The summed E-state index contributed by atoms with van der Waals surface area (Å²) in [5.41, 5.74) is 0.380. The summed E-state index contributed by atoms with van der Waals surface area (Å²) in [5.74, 6) is 0. The van der Waals surface area contributed by atoms with Crippen LogP contribution in [0.5, 0.6) is 0 Å². The first-order valence-corrected chi connectivity index (χ1v) is 5.44. The van der Waals surface area contributed by atoms with Crippen LogP contribution in [0.3, 0.4) is 0 Å². The minimum atomic E-state index is 0.332. The topological polar surface area (TPSA) is 21.3 Å². The Labute approximate surface area is 82.0 Å². The minimum Gasteiger partial charge on any atom is -0.380 e. The third-order valence-electron chi connectivity index (χ3n) is 3.18. The first-order chi connectivity index (χ1) is 6.16. The second kappa shape index (κ2) is 4.97. The molecule has 0 amide bonds. The second-order valence-corrected chi connectivity index (χ2v) is 4.55. The largest absolute Gasteiger partial charge is 0.380 e. The molecule has 2 nitrogen and oxygen atoms in total. The van der Waals surface area contributed by atoms with Crippen molar-refractivity contribution in [2.45, 2.75) is 57.6 Å². The molecular weight excluding hydrogens is 162 g/mol. The van der Waals surface area contributed by atoms with Crippen molar-refractivity contribution in [2.75, 3.05) is 13.7 Å². The number of nitrogens with one attached hydrogen (secondary N) is 1. The van der Waals surface area contributed by atoms with Gasteiger partial charge in [0.05, 0.1) is 6.10 Å². The molecule has 0 saturated heterocycles. The lowest BCUT2D eigenvalue weighted by Gasteiger charge is -2.35. The maximum atomic E-state index is 5.22. The van der Waals surface area contributed by atoms with Gasteiger partial charge in [0.25, 0.3) is 0 Å². The van der Waals surface area contributed by atoms with Crippen LogP contribution in [0.1, 0.15) is 46.0 Å². The first kappa shape index (κ1) is 11.0. The molecule has 2 heteroatoms. The van der Waals surface area contributed by atoms with E-state index < -0.39 is 0 Å². The van der Waals surface area contributed by atoms with Gasteiger partial charge in [0, 0.05) is 19.2 Å². The summed E-state index contributed by atoms with van der Waals surface area (Å²) in [7, 11) is 1.77. The fourth-order valence-corrected chi connectivity index (χ4v) is 1.98. The smallest absolute Gasteiger partial charge is 0.0667 e. The lowest BCUT2D eigenvalue weighted by molar-refractivity contribution is 0.103. The van der Waals surface area contributed by atoms with Crippen molar-refractivity contribution in [2.24, 2.45) is 0 Å². The molecule has 1 rings (SSSR count). The van der Waals surface area contributed by atoms with Crippen LogP contribution < -0.4 is 5.32 Å². The second-order valence-electron chi connectivity index (χ2n) is 4.55. The molecule has 0 aromatic rings. The van der Waals surface area contributed by atoms with Crippen molar-refractivity contribution >= 4 is 0 Å². The van der Waals surface area contributed by atoms with Gasteiger partial charge in [0.1, 0.15) is 0 Å². The van der Waals surface area contributed by atoms with Crippen LogP contribution in [0.2, 0.25) is 0 Å². The van der Waals surface area contributed by atoms with E-state index in [0.29, 0.717) is 11.6 Å². The maximum absolute atomic E-state index is 5.22. The molecule has 1 aliphatic rings. The van der Waals surface area contributed by atoms with Gasteiger partial charge < -0.3 is 10.1 Å². The monoisotopic (exact) mass is 185 g/mol. The van der Waals surface area contributed by atoms with Gasteiger partial charge in [-0.25, -0.2) is 0 Å². The molecule has 78 valence electrons. The van der Waals surface area contributed by atoms with Gasteiger partial charge in [-0.05, 0) is 26.7 Å². The molecule has 1 fully saturated rings. The van der Waals surface area contributed by atoms with E-state index in [2.05, 4.69) is 19.2 Å². The zero-order valence-electron chi connectivity index (χ0n) is 9.23. The zero-order chi connectivity index (χ0) is 9.73. The average molecular weight is 185 g/mol. The Morgan fingerprint density at radius 2 is 1.92 bits per heavy atom. The fourth-order valence-electron chi connectivity index (χ4n) is 1.98. The molecule has 1 N–H and O–H groups in total. The highest BCUT2D eigenvalue weighted by atomic mass is 16.5. The summed E-state index contributed by atoms with van der Waals surface area (Å²) in [4.78, 5) is 0. The molecule has 0 aromatic carbocycles. The standard InChI is InChI=1S/C11H23NO/c1-10(13-3)9-12-11(2)7-5-4-6-8-11/h10,12H,4-9H2,1-3H3. The summed E-state index contributed by atoms with van der Waals surface area (Å²) in [6.45, 7) is 5.43. The minimum absolute atomic E-state index is 0.332. The number of methoxy groups -OCH3 is 1. The lowest BCUT2D eigenvalue weighted by Crippen LogP contribution is -2.46. The van der Waals surface area contributed by atoms with Crippen molar-refractivity contribution in [1.82, 2.24) is 5.32 Å². The summed E-state index contributed by atoms with van der Waals surface area (Å²) < 4.78 is 5.22. The molecule has 0 spiro atoms. The Kier molecular flexibility index (Phi) is 4.20. The molecule has 0 radical (unpaired) electrons. The number of ether oxygens (including phenoxy) is 1. The summed E-state index contributed by atoms with van der Waals surface area (Å²) in [6, 6.07) is 0. The van der Waals surface area contributed by atoms with Crippen molar-refractivity contribution in [1.29, 1.82) is 0 Å². The van der Waals surface area contributed by atoms with E-state index in [4.69, 9.17) is 4.74 Å². The van der Waals surface area contributed by atoms with Gasteiger partial charge in [-0.2, -0.15) is 0 Å². The normalized spacial score (nSPS) is 24.2. The van der Waals surface area contributed by atoms with E-state index in [1.54, 1.807) is 7.11 Å². The molecule has 0 heterocycles. The van der Waals surface area contributed by atoms with E-state index in [9.17, 15) is 0 Å². The van der Waals surface area contributed by atoms with Crippen molar-refractivity contribution in [3.8, 4) is 0 Å². The van der Waals surface area contributed by atoms with Crippen LogP contribution in [0.25, 0.3) is 0 Å². The van der Waals surface area contributed by atoms with Gasteiger partial charge >= 0.3 is 0 Å². The summed E-state index contributed by atoms with van der Waals surface area (Å²) in [5, 5.41) is 3.62. The summed E-state index contributed by atoms with van der Waals surface area (Å²) in [6.07, 6.45) is 7.15. The molecule has 0 aliphatic heterocycles. The highest BCUT2D eigenvalue weighted by Gasteiger charge is 2.26. The van der Waals surface area contributed by atoms with E-state index in [1.807, 2.05) is 0 Å². The zero-order valence-corrected chi connectivity index (χ0v) is 9.23. The molecular formula is C11H23NO. The number of rotatable bonds is 4. The van der Waals surface area contributed by atoms with E-state index in [0.717, 1.165) is 6.54 Å². The molecule has 0 aromatic heterocycles. The van der Waals surface area contributed by atoms with Crippen LogP contribution in [0.4, 0.5) is 0 Å². The van der Waals surface area contributed by atoms with Gasteiger partial charge in [0.2, 0.25) is 0 Å². The van der Waals surface area contributed by atoms with Crippen LogP contribution in [0.15, 0.2) is 0 Å². The maximum Gasteiger partial charge on any atom is 0.0667 e. The lowest BCUT2D eigenvalue weighted by atomic mass is 9.83. The molecule has 1 atom stereocenters. The third kappa shape index (κ3) is 3.65. The molecule has 0 bridgehead atoms. The van der Waals surface area contributed by atoms with Gasteiger partial charge in [-0.3, -0.25) is 0 Å². The molecule has 1 unspecified atom stereocenters.